The number of hydrogen-bond acceptors (Lipinski definition) is 6. The molecule has 2 fully saturated rings. The fourth-order valence-electron chi connectivity index (χ4n) is 4.72. The Morgan fingerprint density at radius 3 is 2.37 bits per heavy atom. The number of benzene rings is 1. The number of fused-ring (bicyclic) bond motifs is 1. The Balaban J connectivity index is 1.40. The third-order valence-corrected chi connectivity index (χ3v) is 6.32. The minimum Gasteiger partial charge on any atom is -0.455 e. The van der Waals surface area contributed by atoms with Gasteiger partial charge in [0.1, 0.15) is 11.5 Å². The fraction of sp³-hybridized carbons (Fsp3) is 0.286. The van der Waals surface area contributed by atoms with E-state index in [0.717, 1.165) is 17.9 Å². The number of hydrazone groups is 1. The molecule has 0 N–H and O–H groups in total. The van der Waals surface area contributed by atoms with E-state index in [2.05, 4.69) is 5.10 Å². The molecule has 30 heavy (non-hydrogen) atoms. The first kappa shape index (κ1) is 18.7. The van der Waals surface area contributed by atoms with Crippen LogP contribution in [0.5, 0.6) is 0 Å². The van der Waals surface area contributed by atoms with E-state index >= 15 is 0 Å². The number of furan rings is 1. The molecule has 9 heteroatoms. The van der Waals surface area contributed by atoms with Crippen LogP contribution in [0.1, 0.15) is 18.6 Å². The number of carbonyl (C=O) groups is 2. The first-order chi connectivity index (χ1) is 14.4. The number of nitro groups is 1. The summed E-state index contributed by atoms with van der Waals surface area (Å²) in [6.07, 6.45) is 7.21. The standard InChI is InChI=1S/C21H16ClN3O5/c22-13-5-7-15(16(9-13)25(28)29)17-8-6-14(30-17)10-23-24-20(26)18-11-1-2-12(4-3-11)19(18)21(24)27/h1-2,5-12,18-19H,3-4H2/b23-10-/t11-,12-,18-,19-/m0/s1. The minimum absolute atomic E-state index is 0.0947. The van der Waals surface area contributed by atoms with Crippen molar-refractivity contribution in [3.8, 4) is 11.3 Å². The van der Waals surface area contributed by atoms with Crippen LogP contribution >= 0.6 is 11.6 Å². The van der Waals surface area contributed by atoms with E-state index in [4.69, 9.17) is 16.0 Å². The number of imide groups is 1. The van der Waals surface area contributed by atoms with Crippen molar-refractivity contribution < 1.29 is 18.9 Å². The number of carbonyl (C=O) groups excluding carboxylic acids is 2. The molecule has 1 aliphatic heterocycles. The lowest BCUT2D eigenvalue weighted by Crippen LogP contribution is -2.38. The molecule has 8 nitrogen and oxygen atoms in total. The second kappa shape index (κ2) is 6.91. The van der Waals surface area contributed by atoms with Crippen LogP contribution in [0, 0.1) is 33.8 Å². The zero-order chi connectivity index (χ0) is 21.0. The predicted octanol–water partition coefficient (Wildman–Crippen LogP) is 4.04. The monoisotopic (exact) mass is 425 g/mol. The topological polar surface area (TPSA) is 106 Å². The smallest absolute Gasteiger partial charge is 0.281 e. The molecule has 0 radical (unpaired) electrons. The van der Waals surface area contributed by atoms with Crippen LogP contribution < -0.4 is 0 Å². The van der Waals surface area contributed by atoms with E-state index in [0.29, 0.717) is 0 Å². The summed E-state index contributed by atoms with van der Waals surface area (Å²) in [4.78, 5) is 36.3. The number of nitro benzene ring substituents is 1. The summed E-state index contributed by atoms with van der Waals surface area (Å²) in [6.45, 7) is 0. The van der Waals surface area contributed by atoms with Crippen molar-refractivity contribution in [2.45, 2.75) is 12.8 Å². The average Bonchev–Trinajstić information content (AvgIpc) is 3.31. The van der Waals surface area contributed by atoms with Crippen LogP contribution in [0.3, 0.4) is 0 Å². The molecule has 1 aromatic heterocycles. The van der Waals surface area contributed by atoms with Gasteiger partial charge in [0.2, 0.25) is 0 Å². The Morgan fingerprint density at radius 1 is 1.10 bits per heavy atom. The highest BCUT2D eigenvalue weighted by Gasteiger charge is 2.56. The molecule has 2 aromatic rings. The van der Waals surface area contributed by atoms with E-state index in [1.165, 1.54) is 24.4 Å². The maximum atomic E-state index is 12.8. The van der Waals surface area contributed by atoms with E-state index in [-0.39, 0.29) is 63.3 Å². The lowest BCUT2D eigenvalue weighted by atomic mass is 9.63. The molecule has 3 aliphatic carbocycles. The van der Waals surface area contributed by atoms with Crippen LogP contribution in [0.25, 0.3) is 11.3 Å². The van der Waals surface area contributed by atoms with Crippen LogP contribution in [-0.2, 0) is 9.59 Å². The van der Waals surface area contributed by atoms with Gasteiger partial charge < -0.3 is 4.42 Å². The molecule has 0 unspecified atom stereocenters. The van der Waals surface area contributed by atoms with Gasteiger partial charge in [0.05, 0.1) is 28.5 Å². The highest BCUT2D eigenvalue weighted by molar-refractivity contribution is 6.30. The second-order valence-electron chi connectivity index (χ2n) is 7.69. The number of amides is 2. The third kappa shape index (κ3) is 2.87. The molecule has 152 valence electrons. The van der Waals surface area contributed by atoms with Crippen LogP contribution in [0.4, 0.5) is 5.69 Å². The third-order valence-electron chi connectivity index (χ3n) is 6.09. The SMILES string of the molecule is O=C1[C@@H]2[C@@H](C(=O)N1/N=C\c1ccc(-c3ccc(Cl)cc3[N+](=O)[O-])o1)[C@H]1C=C[C@H]2CC1. The largest absolute Gasteiger partial charge is 0.455 e. The Morgan fingerprint density at radius 2 is 1.77 bits per heavy atom. The van der Waals surface area contributed by atoms with Gasteiger partial charge in [-0.15, -0.1) is 0 Å². The summed E-state index contributed by atoms with van der Waals surface area (Å²) < 4.78 is 5.65. The quantitative estimate of drug-likeness (QED) is 0.241. The van der Waals surface area contributed by atoms with Crippen molar-refractivity contribution in [3.63, 3.8) is 0 Å². The molecule has 4 aliphatic rings. The van der Waals surface area contributed by atoms with Gasteiger partial charge >= 0.3 is 0 Å². The first-order valence-corrected chi connectivity index (χ1v) is 9.96. The van der Waals surface area contributed by atoms with Crippen molar-refractivity contribution in [1.82, 2.24) is 5.01 Å². The van der Waals surface area contributed by atoms with E-state index < -0.39 is 4.92 Å². The highest BCUT2D eigenvalue weighted by atomic mass is 35.5. The van der Waals surface area contributed by atoms with Crippen molar-refractivity contribution in [3.05, 3.63) is 63.4 Å². The van der Waals surface area contributed by atoms with Gasteiger partial charge in [-0.3, -0.25) is 19.7 Å². The second-order valence-corrected chi connectivity index (χ2v) is 8.13. The number of allylic oxidation sites excluding steroid dienone is 2. The lowest BCUT2D eigenvalue weighted by molar-refractivity contribution is -0.384. The van der Waals surface area contributed by atoms with Gasteiger partial charge in [-0.2, -0.15) is 10.1 Å². The summed E-state index contributed by atoms with van der Waals surface area (Å²) in [7, 11) is 0. The summed E-state index contributed by atoms with van der Waals surface area (Å²) in [6, 6.07) is 7.42. The maximum Gasteiger partial charge on any atom is 0.281 e. The minimum atomic E-state index is -0.539. The summed E-state index contributed by atoms with van der Waals surface area (Å²) in [5.41, 5.74) is 0.0864. The summed E-state index contributed by atoms with van der Waals surface area (Å²) in [5.74, 6) is -0.499. The highest BCUT2D eigenvalue weighted by Crippen LogP contribution is 2.49. The van der Waals surface area contributed by atoms with E-state index in [9.17, 15) is 19.7 Å². The molecule has 2 heterocycles. The zero-order valence-electron chi connectivity index (χ0n) is 15.6. The Hall–Kier alpha value is -3.26. The van der Waals surface area contributed by atoms with Gasteiger partial charge in [-0.1, -0.05) is 23.8 Å². The van der Waals surface area contributed by atoms with Crippen LogP contribution in [-0.4, -0.2) is 28.0 Å². The summed E-state index contributed by atoms with van der Waals surface area (Å²) >= 11 is 5.85. The van der Waals surface area contributed by atoms with Gasteiger partial charge in [0.25, 0.3) is 17.5 Å². The molecule has 1 aromatic carbocycles. The fourth-order valence-corrected chi connectivity index (χ4v) is 4.88. The molecule has 1 saturated carbocycles. The molecule has 0 spiro atoms. The molecule has 2 bridgehead atoms. The average molecular weight is 426 g/mol. The van der Waals surface area contributed by atoms with E-state index in [1.54, 1.807) is 12.1 Å². The number of nitrogens with zero attached hydrogens (tertiary/aromatic N) is 3. The number of hydrogen-bond donors (Lipinski definition) is 0. The molecule has 6 rings (SSSR count). The number of rotatable bonds is 4. The maximum absolute atomic E-state index is 12.8. The molecule has 1 saturated heterocycles. The van der Waals surface area contributed by atoms with E-state index in [1.807, 2.05) is 12.2 Å². The van der Waals surface area contributed by atoms with Crippen molar-refractivity contribution in [2.24, 2.45) is 28.8 Å². The van der Waals surface area contributed by atoms with Gasteiger partial charge in [-0.05, 0) is 48.9 Å². The van der Waals surface area contributed by atoms with Gasteiger partial charge in [0, 0.05) is 11.1 Å². The van der Waals surface area contributed by atoms with Gasteiger partial charge in [0.15, 0.2) is 0 Å². The van der Waals surface area contributed by atoms with Crippen molar-refractivity contribution >= 4 is 35.3 Å². The number of halogens is 1. The van der Waals surface area contributed by atoms with Crippen molar-refractivity contribution in [2.75, 3.05) is 0 Å². The molecular weight excluding hydrogens is 410 g/mol. The zero-order valence-corrected chi connectivity index (χ0v) is 16.4. The molecular formula is C21H16ClN3O5. The van der Waals surface area contributed by atoms with Crippen LogP contribution in [0.15, 0.2) is 52.0 Å². The first-order valence-electron chi connectivity index (χ1n) is 9.58. The Bertz CT molecular complexity index is 1110. The van der Waals surface area contributed by atoms with Crippen molar-refractivity contribution in [1.29, 1.82) is 0 Å². The Kier molecular flexibility index (Phi) is 4.32. The normalized spacial score (nSPS) is 27.3. The van der Waals surface area contributed by atoms with Crippen LogP contribution in [0.2, 0.25) is 5.02 Å². The molecule has 2 amide bonds. The predicted molar refractivity (Wildman–Crippen MR) is 108 cm³/mol. The molecule has 4 atom stereocenters. The Labute approximate surface area is 175 Å². The summed E-state index contributed by atoms with van der Waals surface area (Å²) in [5, 5.41) is 16.6. The lowest BCUT2D eigenvalue weighted by Gasteiger charge is -2.37. The van der Waals surface area contributed by atoms with Gasteiger partial charge in [-0.25, -0.2) is 0 Å².